The van der Waals surface area contributed by atoms with Crippen LogP contribution < -0.4 is 11.6 Å². The summed E-state index contributed by atoms with van der Waals surface area (Å²) in [7, 11) is 0. The lowest BCUT2D eigenvalue weighted by Gasteiger charge is -2.23. The number of nitrogens with two attached hydrogens (primary N) is 2. The van der Waals surface area contributed by atoms with E-state index in [1.807, 2.05) is 0 Å². The van der Waals surface area contributed by atoms with E-state index in [1.54, 1.807) is 0 Å². The molecule has 0 atom stereocenters. The number of hydrogen-bond acceptors (Lipinski definition) is 10. The van der Waals surface area contributed by atoms with Crippen LogP contribution in [0.4, 0.5) is 0 Å². The van der Waals surface area contributed by atoms with Gasteiger partial charge in [-0.2, -0.15) is 5.90 Å². The molecule has 0 saturated heterocycles. The third kappa shape index (κ3) is 17.5. The van der Waals surface area contributed by atoms with Gasteiger partial charge in [0.05, 0.1) is 32.7 Å². The minimum Gasteiger partial charge on any atom is -0.480 e. The van der Waals surface area contributed by atoms with Gasteiger partial charge in [-0.3, -0.25) is 29.0 Å². The molecule has 8 N–H and O–H groups in total. The Kier molecular flexibility index (Phi) is 14.2. The maximum atomic E-state index is 10.6. The topological polar surface area (TPSA) is 234 Å². The van der Waals surface area contributed by atoms with E-state index in [2.05, 4.69) is 10.7 Å². The van der Waals surface area contributed by atoms with Crippen LogP contribution in [0.5, 0.6) is 0 Å². The molecule has 0 aliphatic carbocycles. The van der Waals surface area contributed by atoms with Crippen molar-refractivity contribution >= 4 is 29.8 Å². The average Bonchev–Trinajstić information content (AvgIpc) is 2.50. The van der Waals surface area contributed by atoms with E-state index < -0.39 is 56.0 Å². The Morgan fingerprint density at radius 2 is 0.962 bits per heavy atom. The number of rotatable bonds is 12. The summed E-state index contributed by atoms with van der Waals surface area (Å²) in [6, 6.07) is 0. The highest BCUT2D eigenvalue weighted by Gasteiger charge is 2.17. The minimum absolute atomic E-state index is 0.0703. The maximum absolute atomic E-state index is 10.6. The third-order valence-electron chi connectivity index (χ3n) is 2.47. The number of carbonyl (C=O) groups excluding carboxylic acids is 1. The fraction of sp³-hybridized carbons (Fsp3) is 0.583. The van der Waals surface area contributed by atoms with E-state index in [-0.39, 0.29) is 19.6 Å². The molecule has 150 valence electrons. The van der Waals surface area contributed by atoms with Crippen molar-refractivity contribution in [1.82, 2.24) is 9.80 Å². The van der Waals surface area contributed by atoms with Crippen LogP contribution in [0.1, 0.15) is 0 Å². The van der Waals surface area contributed by atoms with Gasteiger partial charge in [0.2, 0.25) is 0 Å². The van der Waals surface area contributed by atoms with Gasteiger partial charge in [-0.15, -0.1) is 0 Å². The van der Waals surface area contributed by atoms with Crippen molar-refractivity contribution in [2.45, 2.75) is 0 Å². The monoisotopic (exact) mass is 382 g/mol. The summed E-state index contributed by atoms with van der Waals surface area (Å²) in [4.78, 5) is 57.7. The van der Waals surface area contributed by atoms with Crippen LogP contribution in [0, 0.1) is 0 Å². The molecule has 0 unspecified atom stereocenters. The molecule has 0 aromatic carbocycles. The van der Waals surface area contributed by atoms with Gasteiger partial charge in [0.1, 0.15) is 0 Å². The molecule has 14 heteroatoms. The predicted octanol–water partition coefficient (Wildman–Crippen LogP) is -3.71. The lowest BCUT2D eigenvalue weighted by atomic mass is 10.4. The number of carboxylic acids is 4. The summed E-state index contributed by atoms with van der Waals surface area (Å²) >= 11 is 0. The number of carboxylic acid groups (broad SMARTS) is 4. The van der Waals surface area contributed by atoms with Crippen LogP contribution in [-0.4, -0.2) is 106 Å². The van der Waals surface area contributed by atoms with Gasteiger partial charge in [0.15, 0.2) is 0 Å². The molecule has 0 rings (SSSR count). The highest BCUT2D eigenvalue weighted by atomic mass is 16.7. The summed E-state index contributed by atoms with van der Waals surface area (Å²) < 4.78 is 0. The maximum Gasteiger partial charge on any atom is 0.338 e. The van der Waals surface area contributed by atoms with Gasteiger partial charge in [-0.1, -0.05) is 0 Å². The van der Waals surface area contributed by atoms with E-state index in [4.69, 9.17) is 26.2 Å². The second-order valence-corrected chi connectivity index (χ2v) is 4.69. The van der Waals surface area contributed by atoms with E-state index in [1.165, 1.54) is 0 Å². The van der Waals surface area contributed by atoms with Gasteiger partial charge >= 0.3 is 29.8 Å². The van der Waals surface area contributed by atoms with Crippen molar-refractivity contribution < 1.29 is 49.2 Å². The van der Waals surface area contributed by atoms with Crippen LogP contribution in [0.15, 0.2) is 0 Å². The van der Waals surface area contributed by atoms with Crippen LogP contribution in [0.3, 0.4) is 0 Å². The lowest BCUT2D eigenvalue weighted by molar-refractivity contribution is -0.145. The normalized spacial score (nSPS) is 10.0. The quantitative estimate of drug-likeness (QED) is 0.178. The van der Waals surface area contributed by atoms with Crippen LogP contribution in [0.2, 0.25) is 0 Å². The zero-order valence-electron chi connectivity index (χ0n) is 13.7. The fourth-order valence-corrected chi connectivity index (χ4v) is 1.52. The average molecular weight is 382 g/mol. The zero-order chi connectivity index (χ0) is 20.7. The highest BCUT2D eigenvalue weighted by molar-refractivity contribution is 5.73. The van der Waals surface area contributed by atoms with E-state index in [0.29, 0.717) is 0 Å². The summed E-state index contributed by atoms with van der Waals surface area (Å²) in [5.74, 6) is -1.16. The largest absolute Gasteiger partial charge is 0.480 e. The summed E-state index contributed by atoms with van der Waals surface area (Å²) in [5, 5.41) is 34.5. The molecule has 0 heterocycles. The molecule has 0 fully saturated rings. The molecule has 14 nitrogen and oxygen atoms in total. The Labute approximate surface area is 147 Å². The molecule has 0 radical (unpaired) electrons. The molecule has 0 amide bonds. The summed E-state index contributed by atoms with van der Waals surface area (Å²) in [5.41, 5.74) is 4.73. The molecule has 0 aromatic rings. The second-order valence-electron chi connectivity index (χ2n) is 4.69. The van der Waals surface area contributed by atoms with Crippen molar-refractivity contribution in [2.75, 3.05) is 45.8 Å². The third-order valence-corrected chi connectivity index (χ3v) is 2.47. The first-order valence-corrected chi connectivity index (χ1v) is 6.93. The van der Waals surface area contributed by atoms with Gasteiger partial charge in [-0.05, 0) is 0 Å². The molecule has 0 spiro atoms. The lowest BCUT2D eigenvalue weighted by Crippen LogP contribution is -2.43. The number of hydrogen-bond donors (Lipinski definition) is 6. The van der Waals surface area contributed by atoms with E-state index in [9.17, 15) is 24.0 Å². The molecular weight excluding hydrogens is 360 g/mol. The predicted molar refractivity (Wildman–Crippen MR) is 82.8 cm³/mol. The van der Waals surface area contributed by atoms with Crippen molar-refractivity contribution in [2.24, 2.45) is 11.6 Å². The Bertz CT molecular complexity index is 424. The fourth-order valence-electron chi connectivity index (χ4n) is 1.52. The number of nitrogens with zero attached hydrogens (tertiary/aromatic N) is 2. The van der Waals surface area contributed by atoms with Crippen LogP contribution in [-0.2, 0) is 28.8 Å². The SMILES string of the molecule is NCC(=O)ON.O=C(O)CN(CCN(CC(=O)O)CC(=O)O)CC(=O)O. The standard InChI is InChI=1S/C10H16N2O8.C2H6N2O2/c13-7(14)3-11(4-8(15)16)1-2-12(5-9(17)18)6-10(19)20;3-1-2(5)6-4/h1-6H2,(H,13,14)(H,15,16)(H,17,18)(H,19,20);1,3-4H2. The van der Waals surface area contributed by atoms with Gasteiger partial charge in [-0.25, -0.2) is 4.79 Å². The molecule has 0 bridgehead atoms. The van der Waals surface area contributed by atoms with Gasteiger partial charge in [0, 0.05) is 13.1 Å². The Morgan fingerprint density at radius 3 is 1.08 bits per heavy atom. The zero-order valence-corrected chi connectivity index (χ0v) is 13.7. The van der Waals surface area contributed by atoms with Crippen molar-refractivity contribution in [3.8, 4) is 0 Å². The van der Waals surface area contributed by atoms with Gasteiger partial charge < -0.3 is 31.0 Å². The molecule has 0 aliphatic rings. The number of aliphatic carboxylic acids is 4. The minimum atomic E-state index is -1.23. The van der Waals surface area contributed by atoms with Gasteiger partial charge in [0.25, 0.3) is 0 Å². The highest BCUT2D eigenvalue weighted by Crippen LogP contribution is 1.94. The molecule has 0 aliphatic heterocycles. The Balaban J connectivity index is 0. The smallest absolute Gasteiger partial charge is 0.338 e. The van der Waals surface area contributed by atoms with Crippen molar-refractivity contribution in [3.05, 3.63) is 0 Å². The number of carbonyl (C=O) groups is 5. The second kappa shape index (κ2) is 14.5. The van der Waals surface area contributed by atoms with Crippen LogP contribution in [0.25, 0.3) is 0 Å². The Morgan fingerprint density at radius 1 is 0.692 bits per heavy atom. The van der Waals surface area contributed by atoms with Crippen LogP contribution >= 0.6 is 0 Å². The summed E-state index contributed by atoms with van der Waals surface area (Å²) in [6.07, 6.45) is 0. The van der Waals surface area contributed by atoms with Crippen molar-refractivity contribution in [1.29, 1.82) is 0 Å². The first-order valence-electron chi connectivity index (χ1n) is 6.93. The first kappa shape index (κ1) is 25.4. The Hall–Kier alpha value is -2.81. The summed E-state index contributed by atoms with van der Waals surface area (Å²) in [6.45, 7) is -2.41. The van der Waals surface area contributed by atoms with E-state index >= 15 is 0 Å². The van der Waals surface area contributed by atoms with E-state index in [0.717, 1.165) is 9.80 Å². The molecule has 0 saturated carbocycles. The molecule has 26 heavy (non-hydrogen) atoms. The first-order chi connectivity index (χ1) is 12.0. The molecule has 0 aromatic heterocycles. The van der Waals surface area contributed by atoms with Crippen molar-refractivity contribution in [3.63, 3.8) is 0 Å². The molecular formula is C12H22N4O10.